The molecule has 0 aliphatic carbocycles. The number of carboxylic acids is 1. The first-order valence-corrected chi connectivity index (χ1v) is 7.15. The molecule has 0 saturated carbocycles. The van der Waals surface area contributed by atoms with Crippen LogP contribution in [0, 0.1) is 0 Å². The van der Waals surface area contributed by atoms with E-state index < -0.39 is 11.5 Å². The molecule has 0 aromatic heterocycles. The molecule has 1 amide bonds. The van der Waals surface area contributed by atoms with Crippen molar-refractivity contribution in [3.63, 3.8) is 0 Å². The molecule has 17 heavy (non-hydrogen) atoms. The van der Waals surface area contributed by atoms with Crippen LogP contribution in [0.25, 0.3) is 0 Å². The minimum Gasteiger partial charge on any atom is -0.480 e. The van der Waals surface area contributed by atoms with Gasteiger partial charge in [0, 0.05) is 6.54 Å². The van der Waals surface area contributed by atoms with Crippen molar-refractivity contribution in [2.24, 2.45) is 0 Å². The Morgan fingerprint density at radius 2 is 1.88 bits per heavy atom. The zero-order valence-corrected chi connectivity index (χ0v) is 12.0. The SMILES string of the molecule is CCCCSCC(=O)N(CC)C(C)(C)C(=O)O. The van der Waals surface area contributed by atoms with Crippen molar-refractivity contribution in [3.8, 4) is 0 Å². The molecule has 0 rings (SSSR count). The summed E-state index contributed by atoms with van der Waals surface area (Å²) < 4.78 is 0. The predicted octanol–water partition coefficient (Wildman–Crippen LogP) is 2.23. The first-order chi connectivity index (χ1) is 7.87. The molecule has 5 heteroatoms. The highest BCUT2D eigenvalue weighted by Crippen LogP contribution is 2.17. The number of nitrogens with zero attached hydrogens (tertiary/aromatic N) is 1. The Morgan fingerprint density at radius 3 is 2.29 bits per heavy atom. The van der Waals surface area contributed by atoms with Crippen molar-refractivity contribution < 1.29 is 14.7 Å². The lowest BCUT2D eigenvalue weighted by atomic mass is 10.0. The molecule has 0 aromatic rings. The standard InChI is InChI=1S/C12H23NO3S/c1-5-7-8-17-9-10(14)13(6-2)12(3,4)11(15)16/h5-9H2,1-4H3,(H,15,16). The van der Waals surface area contributed by atoms with Crippen LogP contribution in [0.1, 0.15) is 40.5 Å². The van der Waals surface area contributed by atoms with Crippen LogP contribution in [0.5, 0.6) is 0 Å². The van der Waals surface area contributed by atoms with Crippen molar-refractivity contribution in [1.82, 2.24) is 4.90 Å². The monoisotopic (exact) mass is 261 g/mol. The highest BCUT2D eigenvalue weighted by atomic mass is 32.2. The number of rotatable bonds is 8. The highest BCUT2D eigenvalue weighted by molar-refractivity contribution is 7.99. The van der Waals surface area contributed by atoms with Gasteiger partial charge in [0.2, 0.25) is 5.91 Å². The molecule has 0 bridgehead atoms. The average Bonchev–Trinajstić information content (AvgIpc) is 2.24. The molecule has 4 nitrogen and oxygen atoms in total. The highest BCUT2D eigenvalue weighted by Gasteiger charge is 2.36. The molecule has 0 spiro atoms. The number of carbonyl (C=O) groups excluding carboxylic acids is 1. The number of carboxylic acid groups (broad SMARTS) is 1. The fraction of sp³-hybridized carbons (Fsp3) is 0.833. The molecular formula is C12H23NO3S. The number of aliphatic carboxylic acids is 1. The smallest absolute Gasteiger partial charge is 0.329 e. The van der Waals surface area contributed by atoms with Crippen LogP contribution in [-0.4, -0.2) is 45.5 Å². The van der Waals surface area contributed by atoms with E-state index in [1.807, 2.05) is 0 Å². The van der Waals surface area contributed by atoms with E-state index in [1.165, 1.54) is 4.90 Å². The van der Waals surface area contributed by atoms with E-state index >= 15 is 0 Å². The number of carbonyl (C=O) groups is 2. The van der Waals surface area contributed by atoms with Crippen molar-refractivity contribution in [3.05, 3.63) is 0 Å². The summed E-state index contributed by atoms with van der Waals surface area (Å²) in [6.45, 7) is 7.46. The maximum absolute atomic E-state index is 11.9. The van der Waals surface area contributed by atoms with Gasteiger partial charge in [-0.3, -0.25) is 4.79 Å². The van der Waals surface area contributed by atoms with Gasteiger partial charge in [-0.1, -0.05) is 13.3 Å². The predicted molar refractivity (Wildman–Crippen MR) is 71.3 cm³/mol. The molecule has 0 aliphatic heterocycles. The van der Waals surface area contributed by atoms with Gasteiger partial charge in [-0.15, -0.1) is 0 Å². The molecule has 0 saturated heterocycles. The van der Waals surface area contributed by atoms with Gasteiger partial charge in [0.1, 0.15) is 5.54 Å². The minimum atomic E-state index is -1.13. The quantitative estimate of drug-likeness (QED) is 0.681. The van der Waals surface area contributed by atoms with Gasteiger partial charge in [0.15, 0.2) is 0 Å². The number of unbranched alkanes of at least 4 members (excludes halogenated alkanes) is 1. The molecule has 0 aromatic carbocycles. The number of hydrogen-bond acceptors (Lipinski definition) is 3. The third-order valence-corrected chi connectivity index (χ3v) is 3.71. The van der Waals surface area contributed by atoms with Gasteiger partial charge in [-0.05, 0) is 32.9 Å². The van der Waals surface area contributed by atoms with Gasteiger partial charge in [0.25, 0.3) is 0 Å². The molecule has 0 aliphatic rings. The summed E-state index contributed by atoms with van der Waals surface area (Å²) in [5.74, 6) is 0.255. The van der Waals surface area contributed by atoms with Gasteiger partial charge in [-0.25, -0.2) is 4.79 Å². The van der Waals surface area contributed by atoms with Gasteiger partial charge >= 0.3 is 5.97 Å². The zero-order valence-electron chi connectivity index (χ0n) is 11.2. The lowest BCUT2D eigenvalue weighted by Crippen LogP contribution is -2.53. The van der Waals surface area contributed by atoms with Crippen LogP contribution in [0.3, 0.4) is 0 Å². The summed E-state index contributed by atoms with van der Waals surface area (Å²) in [5.41, 5.74) is -1.13. The molecule has 1 N–H and O–H groups in total. The van der Waals surface area contributed by atoms with E-state index in [2.05, 4.69) is 6.92 Å². The van der Waals surface area contributed by atoms with Crippen LogP contribution in [0.2, 0.25) is 0 Å². The molecule has 0 unspecified atom stereocenters. The lowest BCUT2D eigenvalue weighted by molar-refractivity contribution is -0.155. The Balaban J connectivity index is 4.36. The number of hydrogen-bond donors (Lipinski definition) is 1. The van der Waals surface area contributed by atoms with Gasteiger partial charge in [0.05, 0.1) is 5.75 Å². The molecular weight excluding hydrogens is 238 g/mol. The van der Waals surface area contributed by atoms with E-state index in [0.717, 1.165) is 18.6 Å². The molecule has 0 atom stereocenters. The largest absolute Gasteiger partial charge is 0.480 e. The Labute approximate surface area is 108 Å². The second kappa shape index (κ2) is 7.58. The fourth-order valence-electron chi connectivity index (χ4n) is 1.48. The minimum absolute atomic E-state index is 0.0963. The van der Waals surface area contributed by atoms with Gasteiger partial charge < -0.3 is 10.0 Å². The first kappa shape index (κ1) is 16.3. The van der Waals surface area contributed by atoms with Crippen molar-refractivity contribution in [2.75, 3.05) is 18.1 Å². The third kappa shape index (κ3) is 4.98. The second-order valence-electron chi connectivity index (χ2n) is 4.41. The van der Waals surface area contributed by atoms with Crippen molar-refractivity contribution >= 4 is 23.6 Å². The van der Waals surface area contributed by atoms with Crippen LogP contribution in [-0.2, 0) is 9.59 Å². The number of thioether (sulfide) groups is 1. The number of likely N-dealkylation sites (N-methyl/N-ethyl adjacent to an activating group) is 1. The maximum atomic E-state index is 11.9. The Hall–Kier alpha value is -0.710. The fourth-order valence-corrected chi connectivity index (χ4v) is 2.45. The summed E-state index contributed by atoms with van der Waals surface area (Å²) in [4.78, 5) is 24.5. The van der Waals surface area contributed by atoms with E-state index in [-0.39, 0.29) is 5.91 Å². The summed E-state index contributed by atoms with van der Waals surface area (Å²) in [5, 5.41) is 9.10. The van der Waals surface area contributed by atoms with Crippen LogP contribution >= 0.6 is 11.8 Å². The third-order valence-electron chi connectivity index (χ3n) is 2.68. The lowest BCUT2D eigenvalue weighted by Gasteiger charge is -2.34. The molecule has 100 valence electrons. The second-order valence-corrected chi connectivity index (χ2v) is 5.51. The van der Waals surface area contributed by atoms with Crippen LogP contribution in [0.4, 0.5) is 0 Å². The van der Waals surface area contributed by atoms with E-state index in [1.54, 1.807) is 32.5 Å². The summed E-state index contributed by atoms with van der Waals surface area (Å²) in [6.07, 6.45) is 2.20. The molecule has 0 fully saturated rings. The summed E-state index contributed by atoms with van der Waals surface area (Å²) in [6, 6.07) is 0. The van der Waals surface area contributed by atoms with Crippen molar-refractivity contribution in [2.45, 2.75) is 46.1 Å². The van der Waals surface area contributed by atoms with Crippen LogP contribution < -0.4 is 0 Å². The van der Waals surface area contributed by atoms with E-state index in [4.69, 9.17) is 5.11 Å². The molecule has 0 heterocycles. The Morgan fingerprint density at radius 1 is 1.29 bits per heavy atom. The Kier molecular flexibility index (Phi) is 7.27. The number of amides is 1. The molecule has 0 radical (unpaired) electrons. The normalized spacial score (nSPS) is 11.3. The van der Waals surface area contributed by atoms with Crippen molar-refractivity contribution in [1.29, 1.82) is 0 Å². The van der Waals surface area contributed by atoms with E-state index in [9.17, 15) is 9.59 Å². The zero-order chi connectivity index (χ0) is 13.5. The maximum Gasteiger partial charge on any atom is 0.329 e. The van der Waals surface area contributed by atoms with E-state index in [0.29, 0.717) is 12.3 Å². The average molecular weight is 261 g/mol. The summed E-state index contributed by atoms with van der Waals surface area (Å²) in [7, 11) is 0. The van der Waals surface area contributed by atoms with Gasteiger partial charge in [-0.2, -0.15) is 11.8 Å². The Bertz CT molecular complexity index is 266. The van der Waals surface area contributed by atoms with Crippen LogP contribution in [0.15, 0.2) is 0 Å². The topological polar surface area (TPSA) is 57.6 Å². The first-order valence-electron chi connectivity index (χ1n) is 5.99. The summed E-state index contributed by atoms with van der Waals surface area (Å²) >= 11 is 1.57.